The van der Waals surface area contributed by atoms with Gasteiger partial charge in [0.2, 0.25) is 5.91 Å². The Kier molecular flexibility index (Phi) is 7.11. The van der Waals surface area contributed by atoms with E-state index in [-0.39, 0.29) is 18.4 Å². The molecule has 3 N–H and O–H groups in total. The van der Waals surface area contributed by atoms with E-state index in [0.29, 0.717) is 27.8 Å². The Balaban J connectivity index is 1.51. The highest BCUT2D eigenvalue weighted by Crippen LogP contribution is 2.26. The van der Waals surface area contributed by atoms with E-state index in [9.17, 15) is 9.59 Å². The van der Waals surface area contributed by atoms with E-state index in [0.717, 1.165) is 11.3 Å². The van der Waals surface area contributed by atoms with Crippen LogP contribution in [-0.2, 0) is 11.3 Å². The Morgan fingerprint density at radius 2 is 1.66 bits per heavy atom. The molecule has 0 unspecified atom stereocenters. The van der Waals surface area contributed by atoms with Gasteiger partial charge in [0.15, 0.2) is 0 Å². The van der Waals surface area contributed by atoms with Gasteiger partial charge < -0.3 is 16.0 Å². The number of hydrogen-bond acceptors (Lipinski definition) is 3. The van der Waals surface area contributed by atoms with Crippen molar-refractivity contribution < 1.29 is 9.59 Å². The topological polar surface area (TPSA) is 70.2 Å². The van der Waals surface area contributed by atoms with E-state index in [4.69, 9.17) is 23.2 Å². The van der Waals surface area contributed by atoms with Crippen molar-refractivity contribution in [2.24, 2.45) is 0 Å². The number of amides is 2. The molecular weight excluding hydrogens is 409 g/mol. The zero-order valence-electron chi connectivity index (χ0n) is 15.4. The predicted octanol–water partition coefficient (Wildman–Crippen LogP) is 4.97. The van der Waals surface area contributed by atoms with E-state index < -0.39 is 0 Å². The maximum Gasteiger partial charge on any atom is 0.251 e. The summed E-state index contributed by atoms with van der Waals surface area (Å²) in [7, 11) is 0. The summed E-state index contributed by atoms with van der Waals surface area (Å²) < 4.78 is 0. The van der Waals surface area contributed by atoms with Crippen molar-refractivity contribution in [3.8, 4) is 0 Å². The van der Waals surface area contributed by atoms with Crippen molar-refractivity contribution in [1.82, 2.24) is 5.32 Å². The van der Waals surface area contributed by atoms with Crippen molar-refractivity contribution in [2.75, 3.05) is 17.2 Å². The molecule has 0 fully saturated rings. The Morgan fingerprint density at radius 1 is 0.862 bits per heavy atom. The van der Waals surface area contributed by atoms with Crippen LogP contribution in [-0.4, -0.2) is 18.4 Å². The molecule has 7 heteroatoms. The predicted molar refractivity (Wildman–Crippen MR) is 118 cm³/mol. The highest BCUT2D eigenvalue weighted by atomic mass is 35.5. The molecule has 3 aromatic rings. The smallest absolute Gasteiger partial charge is 0.251 e. The van der Waals surface area contributed by atoms with Crippen molar-refractivity contribution in [1.29, 1.82) is 0 Å². The van der Waals surface area contributed by atoms with Gasteiger partial charge >= 0.3 is 0 Å². The van der Waals surface area contributed by atoms with Crippen molar-refractivity contribution >= 4 is 46.4 Å². The maximum absolute atomic E-state index is 12.1. The van der Waals surface area contributed by atoms with Crippen LogP contribution in [0.1, 0.15) is 15.9 Å². The van der Waals surface area contributed by atoms with Gasteiger partial charge in [-0.05, 0) is 42.0 Å². The Hall–Kier alpha value is -3.02. The standard InChI is InChI=1S/C22H19Cl2N3O2/c23-17-8-4-7-16(11-17)22(29)26-14-21(28)27-18-9-10-20(19(24)12-18)25-13-15-5-2-1-3-6-15/h1-12,25H,13-14H2,(H,26,29)(H,27,28). The van der Waals surface area contributed by atoms with Crippen LogP contribution < -0.4 is 16.0 Å². The molecule has 0 aliphatic carbocycles. The van der Waals surface area contributed by atoms with Crippen molar-refractivity contribution in [3.63, 3.8) is 0 Å². The van der Waals surface area contributed by atoms with Gasteiger partial charge in [-0.15, -0.1) is 0 Å². The SMILES string of the molecule is O=C(CNC(=O)c1cccc(Cl)c1)Nc1ccc(NCc2ccccc2)c(Cl)c1. The molecule has 5 nitrogen and oxygen atoms in total. The summed E-state index contributed by atoms with van der Waals surface area (Å²) >= 11 is 12.2. The lowest BCUT2D eigenvalue weighted by Gasteiger charge is -2.11. The van der Waals surface area contributed by atoms with Gasteiger partial charge in [-0.1, -0.05) is 59.6 Å². The molecule has 0 bridgehead atoms. The third kappa shape index (κ3) is 6.24. The summed E-state index contributed by atoms with van der Waals surface area (Å²) in [5.41, 5.74) is 2.84. The molecule has 0 spiro atoms. The lowest BCUT2D eigenvalue weighted by molar-refractivity contribution is -0.115. The first kappa shape index (κ1) is 20.7. The molecule has 148 valence electrons. The van der Waals surface area contributed by atoms with E-state index >= 15 is 0 Å². The fourth-order valence-corrected chi connectivity index (χ4v) is 3.06. The van der Waals surface area contributed by atoms with Crippen LogP contribution in [0.4, 0.5) is 11.4 Å². The van der Waals surface area contributed by atoms with Gasteiger partial charge in [0, 0.05) is 22.8 Å². The Morgan fingerprint density at radius 3 is 2.38 bits per heavy atom. The summed E-state index contributed by atoms with van der Waals surface area (Å²) in [6, 6.07) is 21.7. The highest BCUT2D eigenvalue weighted by Gasteiger charge is 2.10. The normalized spacial score (nSPS) is 10.3. The molecule has 0 atom stereocenters. The minimum atomic E-state index is -0.374. The lowest BCUT2D eigenvalue weighted by Crippen LogP contribution is -2.32. The summed E-state index contributed by atoms with van der Waals surface area (Å²) in [6.45, 7) is 0.471. The largest absolute Gasteiger partial charge is 0.380 e. The van der Waals surface area contributed by atoms with Crippen LogP contribution in [0.25, 0.3) is 0 Å². The molecule has 0 aromatic heterocycles. The second-order valence-electron chi connectivity index (χ2n) is 6.27. The van der Waals surface area contributed by atoms with Crippen LogP contribution >= 0.6 is 23.2 Å². The molecule has 29 heavy (non-hydrogen) atoms. The quantitative estimate of drug-likeness (QED) is 0.498. The molecule has 2 amide bonds. The van der Waals surface area contributed by atoms with E-state index in [1.54, 1.807) is 36.4 Å². The second kappa shape index (κ2) is 9.96. The number of hydrogen-bond donors (Lipinski definition) is 3. The van der Waals surface area contributed by atoms with E-state index in [2.05, 4.69) is 16.0 Å². The molecule has 3 aromatic carbocycles. The zero-order valence-corrected chi connectivity index (χ0v) is 16.9. The average Bonchev–Trinajstić information content (AvgIpc) is 2.72. The molecule has 0 radical (unpaired) electrons. The maximum atomic E-state index is 12.1. The second-order valence-corrected chi connectivity index (χ2v) is 7.12. The van der Waals surface area contributed by atoms with Crippen molar-refractivity contribution in [3.05, 3.63) is 94.0 Å². The van der Waals surface area contributed by atoms with Gasteiger partial charge in [-0.3, -0.25) is 9.59 Å². The lowest BCUT2D eigenvalue weighted by atomic mass is 10.2. The van der Waals surface area contributed by atoms with E-state index in [1.165, 1.54) is 6.07 Å². The van der Waals surface area contributed by atoms with Crippen LogP contribution in [0.3, 0.4) is 0 Å². The van der Waals surface area contributed by atoms with Crippen LogP contribution in [0.5, 0.6) is 0 Å². The number of rotatable bonds is 7. The van der Waals surface area contributed by atoms with Gasteiger partial charge in [-0.25, -0.2) is 0 Å². The first-order valence-corrected chi connectivity index (χ1v) is 9.68. The number of carbonyl (C=O) groups excluding carboxylic acids is 2. The molecule has 0 saturated heterocycles. The van der Waals surface area contributed by atoms with Gasteiger partial charge in [0.25, 0.3) is 5.91 Å². The minimum absolute atomic E-state index is 0.170. The number of halogens is 2. The first-order valence-electron chi connectivity index (χ1n) is 8.92. The third-order valence-corrected chi connectivity index (χ3v) is 4.62. The summed E-state index contributed by atoms with van der Waals surface area (Å²) in [5, 5.41) is 9.47. The first-order chi connectivity index (χ1) is 14.0. The fraction of sp³-hybridized carbons (Fsp3) is 0.0909. The number of nitrogens with one attached hydrogen (secondary N) is 3. The minimum Gasteiger partial charge on any atom is -0.380 e. The molecule has 3 rings (SSSR count). The molecule has 0 aliphatic rings. The Labute approximate surface area is 179 Å². The summed E-state index contributed by atoms with van der Waals surface area (Å²) in [5.74, 6) is -0.734. The monoisotopic (exact) mass is 427 g/mol. The number of carbonyl (C=O) groups is 2. The van der Waals surface area contributed by atoms with Crippen LogP contribution in [0.2, 0.25) is 10.0 Å². The number of anilines is 2. The number of benzene rings is 3. The highest BCUT2D eigenvalue weighted by molar-refractivity contribution is 6.33. The molecule has 0 aliphatic heterocycles. The summed E-state index contributed by atoms with van der Waals surface area (Å²) in [6.07, 6.45) is 0. The van der Waals surface area contributed by atoms with E-state index in [1.807, 2.05) is 30.3 Å². The molecular formula is C22H19Cl2N3O2. The Bertz CT molecular complexity index is 1010. The van der Waals surface area contributed by atoms with Gasteiger partial charge in [0.1, 0.15) is 0 Å². The van der Waals surface area contributed by atoms with Crippen molar-refractivity contribution in [2.45, 2.75) is 6.54 Å². The molecule has 0 saturated carbocycles. The van der Waals surface area contributed by atoms with Crippen LogP contribution in [0.15, 0.2) is 72.8 Å². The van der Waals surface area contributed by atoms with Crippen LogP contribution in [0, 0.1) is 0 Å². The molecule has 0 heterocycles. The van der Waals surface area contributed by atoms with Gasteiger partial charge in [0.05, 0.1) is 17.3 Å². The zero-order chi connectivity index (χ0) is 20.6. The summed E-state index contributed by atoms with van der Waals surface area (Å²) in [4.78, 5) is 24.2. The average molecular weight is 428 g/mol. The third-order valence-electron chi connectivity index (χ3n) is 4.07. The van der Waals surface area contributed by atoms with Gasteiger partial charge in [-0.2, -0.15) is 0 Å². The fourth-order valence-electron chi connectivity index (χ4n) is 2.63.